The number of carbonyl (C=O) groups excluding carboxylic acids is 1. The Morgan fingerprint density at radius 3 is 2.33 bits per heavy atom. The van der Waals surface area contributed by atoms with Crippen LogP contribution >= 0.6 is 23.5 Å². The Hall–Kier alpha value is -1.53. The summed E-state index contributed by atoms with van der Waals surface area (Å²) in [7, 11) is 0. The normalized spacial score (nSPS) is 14.8. The van der Waals surface area contributed by atoms with E-state index in [1.54, 1.807) is 19.1 Å². The minimum Gasteiger partial charge on any atom is -0.309 e. The van der Waals surface area contributed by atoms with Gasteiger partial charge in [0.25, 0.3) is 5.91 Å². The van der Waals surface area contributed by atoms with E-state index in [1.807, 2.05) is 35.7 Å². The lowest BCUT2D eigenvalue weighted by Gasteiger charge is -2.21. The van der Waals surface area contributed by atoms with Gasteiger partial charge in [0.1, 0.15) is 0 Å². The Balaban J connectivity index is 1.81. The van der Waals surface area contributed by atoms with Gasteiger partial charge in [0.05, 0.1) is 4.58 Å². The number of hydrogen-bond acceptors (Lipinski definition) is 3. The predicted molar refractivity (Wildman–Crippen MR) is 97.8 cm³/mol. The summed E-state index contributed by atoms with van der Waals surface area (Å²) in [5, 5.41) is 0. The number of halogens is 2. The SMILES string of the molecule is CCN(C(=O)c1ccc(C2SCCS2)cc1)c1ccc(F)c(F)c1. The van der Waals surface area contributed by atoms with Gasteiger partial charge in [0.15, 0.2) is 11.6 Å². The molecule has 126 valence electrons. The minimum absolute atomic E-state index is 0.221. The topological polar surface area (TPSA) is 20.3 Å². The molecule has 3 rings (SSSR count). The lowest BCUT2D eigenvalue weighted by Crippen LogP contribution is -2.30. The van der Waals surface area contributed by atoms with Gasteiger partial charge >= 0.3 is 0 Å². The van der Waals surface area contributed by atoms with Gasteiger partial charge in [-0.2, -0.15) is 0 Å². The molecule has 2 nitrogen and oxygen atoms in total. The number of anilines is 1. The van der Waals surface area contributed by atoms with E-state index in [0.29, 0.717) is 22.4 Å². The van der Waals surface area contributed by atoms with E-state index in [1.165, 1.54) is 16.5 Å². The molecule has 0 atom stereocenters. The maximum absolute atomic E-state index is 13.4. The maximum Gasteiger partial charge on any atom is 0.258 e. The third kappa shape index (κ3) is 3.59. The van der Waals surface area contributed by atoms with Crippen LogP contribution in [0.4, 0.5) is 14.5 Å². The number of carbonyl (C=O) groups is 1. The van der Waals surface area contributed by atoms with Crippen molar-refractivity contribution in [3.05, 3.63) is 65.2 Å². The molecular weight excluding hydrogens is 348 g/mol. The molecule has 1 amide bonds. The number of hydrogen-bond donors (Lipinski definition) is 0. The van der Waals surface area contributed by atoms with Crippen molar-refractivity contribution in [3.63, 3.8) is 0 Å². The first-order chi connectivity index (χ1) is 11.6. The zero-order valence-electron chi connectivity index (χ0n) is 13.2. The average molecular weight is 365 g/mol. The van der Waals surface area contributed by atoms with Gasteiger partial charge in [-0.25, -0.2) is 8.78 Å². The van der Waals surface area contributed by atoms with E-state index in [9.17, 15) is 13.6 Å². The van der Waals surface area contributed by atoms with E-state index < -0.39 is 11.6 Å². The summed E-state index contributed by atoms with van der Waals surface area (Å²) in [4.78, 5) is 14.1. The van der Waals surface area contributed by atoms with E-state index in [-0.39, 0.29) is 5.91 Å². The number of rotatable bonds is 4. The molecule has 1 heterocycles. The minimum atomic E-state index is -0.954. The van der Waals surface area contributed by atoms with Crippen molar-refractivity contribution in [2.75, 3.05) is 23.0 Å². The van der Waals surface area contributed by atoms with Crippen LogP contribution in [0.3, 0.4) is 0 Å². The van der Waals surface area contributed by atoms with Crippen LogP contribution in [0.2, 0.25) is 0 Å². The van der Waals surface area contributed by atoms with E-state index in [0.717, 1.165) is 23.6 Å². The first-order valence-electron chi connectivity index (χ1n) is 7.70. The van der Waals surface area contributed by atoms with E-state index >= 15 is 0 Å². The lowest BCUT2D eigenvalue weighted by atomic mass is 10.1. The molecule has 2 aromatic rings. The summed E-state index contributed by atoms with van der Waals surface area (Å²) in [6, 6.07) is 11.1. The monoisotopic (exact) mass is 365 g/mol. The molecule has 0 saturated carbocycles. The van der Waals surface area contributed by atoms with Gasteiger partial charge < -0.3 is 4.90 Å². The average Bonchev–Trinajstić information content (AvgIpc) is 3.13. The second-order valence-electron chi connectivity index (χ2n) is 5.34. The molecule has 1 aliphatic heterocycles. The van der Waals surface area contributed by atoms with E-state index in [2.05, 4.69) is 0 Å². The van der Waals surface area contributed by atoms with Gasteiger partial charge in [-0.3, -0.25) is 4.79 Å². The Kier molecular flexibility index (Phi) is 5.46. The quantitative estimate of drug-likeness (QED) is 0.751. The second-order valence-corrected chi connectivity index (χ2v) is 8.07. The van der Waals surface area contributed by atoms with Gasteiger partial charge in [0.2, 0.25) is 0 Å². The number of benzene rings is 2. The van der Waals surface area contributed by atoms with Crippen LogP contribution in [0.25, 0.3) is 0 Å². The van der Waals surface area contributed by atoms with Crippen molar-refractivity contribution in [1.82, 2.24) is 0 Å². The van der Waals surface area contributed by atoms with Gasteiger partial charge in [-0.1, -0.05) is 12.1 Å². The summed E-state index contributed by atoms with van der Waals surface area (Å²) >= 11 is 3.82. The molecule has 0 spiro atoms. The molecule has 2 aromatic carbocycles. The Morgan fingerprint density at radius 2 is 1.75 bits per heavy atom. The second kappa shape index (κ2) is 7.57. The standard InChI is InChI=1S/C18H17F2NOS2/c1-2-21(14-7-8-15(19)16(20)11-14)17(22)12-3-5-13(6-4-12)18-23-9-10-24-18/h3-8,11,18H,2,9-10H2,1H3. The summed E-state index contributed by atoms with van der Waals surface area (Å²) < 4.78 is 27.0. The fraction of sp³-hybridized carbons (Fsp3) is 0.278. The van der Waals surface area contributed by atoms with Crippen molar-refractivity contribution in [1.29, 1.82) is 0 Å². The molecule has 1 fully saturated rings. The Labute approximate surface area is 148 Å². The van der Waals surface area contributed by atoms with Crippen LogP contribution in [0.15, 0.2) is 42.5 Å². The molecule has 0 unspecified atom stereocenters. The fourth-order valence-electron chi connectivity index (χ4n) is 2.59. The van der Waals surface area contributed by atoms with Crippen molar-refractivity contribution < 1.29 is 13.6 Å². The maximum atomic E-state index is 13.4. The summed E-state index contributed by atoms with van der Waals surface area (Å²) in [5.41, 5.74) is 2.10. The molecular formula is C18H17F2NOS2. The molecule has 0 N–H and O–H groups in total. The molecule has 24 heavy (non-hydrogen) atoms. The predicted octanol–water partition coefficient (Wildman–Crippen LogP) is 5.11. The van der Waals surface area contributed by atoms with Crippen molar-refractivity contribution >= 4 is 35.1 Å². The Morgan fingerprint density at radius 1 is 1.08 bits per heavy atom. The van der Waals surface area contributed by atoms with Crippen molar-refractivity contribution in [3.8, 4) is 0 Å². The van der Waals surface area contributed by atoms with Crippen LogP contribution in [-0.4, -0.2) is 24.0 Å². The largest absolute Gasteiger partial charge is 0.309 e. The van der Waals surface area contributed by atoms with Crippen LogP contribution in [0, 0.1) is 11.6 Å². The number of nitrogens with zero attached hydrogens (tertiary/aromatic N) is 1. The molecule has 0 aromatic heterocycles. The van der Waals surface area contributed by atoms with Crippen LogP contribution in [-0.2, 0) is 0 Å². The highest BCUT2D eigenvalue weighted by Crippen LogP contribution is 2.45. The highest BCUT2D eigenvalue weighted by Gasteiger charge is 2.20. The zero-order chi connectivity index (χ0) is 17.1. The molecule has 1 aliphatic rings. The highest BCUT2D eigenvalue weighted by molar-refractivity contribution is 8.19. The third-order valence-corrected chi connectivity index (χ3v) is 6.93. The molecule has 1 saturated heterocycles. The molecule has 0 aliphatic carbocycles. The first-order valence-corrected chi connectivity index (χ1v) is 9.80. The summed E-state index contributed by atoms with van der Waals surface area (Å²) in [6.45, 7) is 2.18. The molecule has 6 heteroatoms. The first kappa shape index (κ1) is 17.3. The Bertz CT molecular complexity index is 730. The summed E-state index contributed by atoms with van der Waals surface area (Å²) in [6.07, 6.45) is 0. The van der Waals surface area contributed by atoms with Gasteiger partial charge in [0, 0.05) is 35.4 Å². The van der Waals surface area contributed by atoms with Crippen molar-refractivity contribution in [2.45, 2.75) is 11.5 Å². The van der Waals surface area contributed by atoms with E-state index in [4.69, 9.17) is 0 Å². The third-order valence-electron chi connectivity index (χ3n) is 3.83. The van der Waals surface area contributed by atoms with Crippen molar-refractivity contribution in [2.24, 2.45) is 0 Å². The van der Waals surface area contributed by atoms with Crippen LogP contribution < -0.4 is 4.90 Å². The van der Waals surface area contributed by atoms with Gasteiger partial charge in [-0.05, 0) is 36.8 Å². The summed E-state index contributed by atoms with van der Waals surface area (Å²) in [5.74, 6) is 0.204. The molecule has 0 radical (unpaired) electrons. The van der Waals surface area contributed by atoms with Gasteiger partial charge in [-0.15, -0.1) is 23.5 Å². The van der Waals surface area contributed by atoms with Crippen LogP contribution in [0.5, 0.6) is 0 Å². The number of thioether (sulfide) groups is 2. The lowest BCUT2D eigenvalue weighted by molar-refractivity contribution is 0.0988. The van der Waals surface area contributed by atoms with Crippen LogP contribution in [0.1, 0.15) is 27.4 Å². The number of amides is 1. The molecule has 0 bridgehead atoms. The fourth-order valence-corrected chi connectivity index (χ4v) is 5.45. The zero-order valence-corrected chi connectivity index (χ0v) is 14.8. The highest BCUT2D eigenvalue weighted by atomic mass is 32.2. The smallest absolute Gasteiger partial charge is 0.258 e.